The molecular weight excluding hydrogens is 971 g/mol. The second-order valence-electron chi connectivity index (χ2n) is 23.4. The highest BCUT2D eigenvalue weighted by Gasteiger charge is 2.78. The molecule has 2 bridgehead atoms. The number of hydrogen-bond donors (Lipinski definition) is 3. The Morgan fingerprint density at radius 2 is 1.42 bits per heavy atom. The van der Waals surface area contributed by atoms with E-state index in [1.807, 2.05) is 34.6 Å². The molecule has 2 saturated carbocycles. The van der Waals surface area contributed by atoms with Crippen molar-refractivity contribution < 1.29 is 71.5 Å². The molecule has 0 aromatic heterocycles. The third-order valence-electron chi connectivity index (χ3n) is 17.3. The topological polar surface area (TPSA) is 212 Å². The number of carbonyl (C=O) groups is 5. The monoisotopic (exact) mass is 1060 g/mol. The van der Waals surface area contributed by atoms with Crippen LogP contribution in [0.5, 0.6) is 0 Å². The lowest BCUT2D eigenvalue weighted by atomic mass is 9.44. The number of rotatable bonds is 20. The van der Waals surface area contributed by atoms with Crippen molar-refractivity contribution in [3.8, 4) is 0 Å². The van der Waals surface area contributed by atoms with Crippen LogP contribution in [0.2, 0.25) is 36.3 Å². The van der Waals surface area contributed by atoms with E-state index in [1.165, 1.54) is 13.8 Å². The summed E-state index contributed by atoms with van der Waals surface area (Å²) in [6.07, 6.45) is -9.83. The molecule has 1 aromatic rings. The van der Waals surface area contributed by atoms with Gasteiger partial charge in [-0.05, 0) is 99.6 Å². The van der Waals surface area contributed by atoms with Crippen LogP contribution in [0.4, 0.5) is 4.79 Å². The van der Waals surface area contributed by atoms with Crippen LogP contribution in [0.15, 0.2) is 41.5 Å². The summed E-state index contributed by atoms with van der Waals surface area (Å²) in [6, 6.07) is 11.6. The van der Waals surface area contributed by atoms with E-state index in [1.54, 1.807) is 78.8 Å². The first-order valence-corrected chi connectivity index (χ1v) is 31.9. The summed E-state index contributed by atoms with van der Waals surface area (Å²) >= 11 is 0. The summed E-state index contributed by atoms with van der Waals surface area (Å²) < 4.78 is 52.8. The Morgan fingerprint density at radius 1 is 0.849 bits per heavy atom. The fourth-order valence-electron chi connectivity index (χ4n) is 12.7. The van der Waals surface area contributed by atoms with Crippen LogP contribution in [0.1, 0.15) is 147 Å². The van der Waals surface area contributed by atoms with Gasteiger partial charge >= 0.3 is 30.0 Å². The molecule has 412 valence electrons. The van der Waals surface area contributed by atoms with E-state index in [2.05, 4.69) is 26.1 Å². The van der Waals surface area contributed by atoms with Crippen molar-refractivity contribution in [3.63, 3.8) is 0 Å². The van der Waals surface area contributed by atoms with Gasteiger partial charge in [-0.25, -0.2) is 14.4 Å². The number of esters is 4. The number of benzene rings is 1. The second-order valence-corrected chi connectivity index (χ2v) is 32.8. The third kappa shape index (κ3) is 11.7. The molecule has 73 heavy (non-hydrogen) atoms. The molecule has 3 aliphatic carbocycles. The molecular formula is C55H89NO15Si2. The number of amides is 1. The molecule has 4 aliphatic rings. The summed E-state index contributed by atoms with van der Waals surface area (Å²) in [6.45, 7) is 30.8. The maximum absolute atomic E-state index is 15.5. The van der Waals surface area contributed by atoms with Crippen LogP contribution in [0, 0.1) is 22.7 Å². The van der Waals surface area contributed by atoms with E-state index < -0.39 is 129 Å². The van der Waals surface area contributed by atoms with Crippen molar-refractivity contribution in [1.82, 2.24) is 5.32 Å². The van der Waals surface area contributed by atoms with Crippen molar-refractivity contribution in [2.75, 3.05) is 6.61 Å². The lowest BCUT2D eigenvalue weighted by Crippen LogP contribution is -2.83. The smallest absolute Gasteiger partial charge is 0.407 e. The highest BCUT2D eigenvalue weighted by atomic mass is 28.4. The molecule has 5 rings (SSSR count). The van der Waals surface area contributed by atoms with Gasteiger partial charge in [-0.3, -0.25) is 9.59 Å². The van der Waals surface area contributed by atoms with Gasteiger partial charge in [0.25, 0.3) is 0 Å². The number of aliphatic hydroxyl groups excluding tert-OH is 1. The predicted octanol–water partition coefficient (Wildman–Crippen LogP) is 9.35. The minimum Gasteiger partial charge on any atom is -0.456 e. The van der Waals surface area contributed by atoms with Gasteiger partial charge in [-0.15, -0.1) is 0 Å². The first-order chi connectivity index (χ1) is 33.9. The largest absolute Gasteiger partial charge is 0.456 e. The molecule has 1 aromatic carbocycles. The van der Waals surface area contributed by atoms with Crippen molar-refractivity contribution in [3.05, 3.63) is 47.0 Å². The zero-order valence-corrected chi connectivity index (χ0v) is 48.9. The molecule has 3 N–H and O–H groups in total. The quantitative estimate of drug-likeness (QED) is 0.0481. The van der Waals surface area contributed by atoms with Gasteiger partial charge in [0, 0.05) is 37.5 Å². The standard InChI is InChI=1S/C55H89NO15Si2/c1-18-72(19-2,20-3)70-40-30-41-54(32-64-41,68-36(11)58)45-47(67-48(60)37-27-25-24-26-28-37)55(63)31-39(34(9)42(52(55,15)16)44(65-35(10)57)46(59)53(40,45)17)66-49(61)43(71-73(21-4,22-5)23-6)38(29-33(7)8)56-50(62)69-51(12,13)14/h24-28,33,38-41,43-47,59,63H,18-23,29-32H2,1-17H3,(H,56,62)/t38-,39-,40-,41+,43+,44-,45-,46-,47-,53+,54-,55+/m0/s1. The Balaban J connectivity index is 1.86. The number of hydrogen-bond acceptors (Lipinski definition) is 15. The Morgan fingerprint density at radius 3 is 1.90 bits per heavy atom. The summed E-state index contributed by atoms with van der Waals surface area (Å²) in [5.74, 6) is -4.35. The summed E-state index contributed by atoms with van der Waals surface area (Å²) in [5, 5.41) is 31.0. The number of nitrogens with one attached hydrogen (secondary N) is 1. The molecule has 0 radical (unpaired) electrons. The molecule has 1 heterocycles. The van der Waals surface area contributed by atoms with E-state index in [9.17, 15) is 29.4 Å². The molecule has 1 amide bonds. The Kier molecular flexibility index (Phi) is 18.9. The number of aliphatic hydroxyl groups is 2. The second kappa shape index (κ2) is 22.9. The van der Waals surface area contributed by atoms with Gasteiger partial charge in [0.2, 0.25) is 0 Å². The molecule has 0 spiro atoms. The Bertz CT molecular complexity index is 2150. The first kappa shape index (κ1) is 60.2. The van der Waals surface area contributed by atoms with E-state index in [0.29, 0.717) is 30.1 Å². The fraction of sp³-hybridized carbons (Fsp3) is 0.764. The molecule has 0 unspecified atom stereocenters. The van der Waals surface area contributed by atoms with E-state index in [4.69, 9.17) is 37.3 Å². The molecule has 12 atom stereocenters. The minimum absolute atomic E-state index is 0.0289. The van der Waals surface area contributed by atoms with Crippen molar-refractivity contribution in [2.24, 2.45) is 22.7 Å². The van der Waals surface area contributed by atoms with Crippen LogP contribution in [-0.2, 0) is 51.7 Å². The molecule has 16 nitrogen and oxygen atoms in total. The van der Waals surface area contributed by atoms with E-state index in [0.717, 1.165) is 18.1 Å². The van der Waals surface area contributed by atoms with Crippen LogP contribution < -0.4 is 5.32 Å². The normalized spacial score (nSPS) is 30.8. The van der Waals surface area contributed by atoms with E-state index >= 15 is 4.79 Å². The van der Waals surface area contributed by atoms with Gasteiger partial charge < -0.3 is 52.8 Å². The first-order valence-electron chi connectivity index (χ1n) is 26.9. The molecule has 18 heteroatoms. The maximum Gasteiger partial charge on any atom is 0.407 e. The van der Waals surface area contributed by atoms with Crippen molar-refractivity contribution in [2.45, 2.75) is 239 Å². The minimum atomic E-state index is -2.67. The molecule has 1 saturated heterocycles. The third-order valence-corrected chi connectivity index (χ3v) is 26.6. The molecule has 3 fully saturated rings. The van der Waals surface area contributed by atoms with E-state index in [-0.39, 0.29) is 36.5 Å². The van der Waals surface area contributed by atoms with Crippen LogP contribution in [0.3, 0.4) is 0 Å². The van der Waals surface area contributed by atoms with Gasteiger partial charge in [0.1, 0.15) is 35.6 Å². The van der Waals surface area contributed by atoms with Crippen LogP contribution in [0.25, 0.3) is 0 Å². The Labute approximate surface area is 436 Å². The maximum atomic E-state index is 15.5. The summed E-state index contributed by atoms with van der Waals surface area (Å²) in [7, 11) is -5.26. The van der Waals surface area contributed by atoms with Crippen LogP contribution >= 0.6 is 0 Å². The number of carbonyl (C=O) groups excluding carboxylic acids is 5. The van der Waals surface area contributed by atoms with Gasteiger partial charge in [-0.2, -0.15) is 0 Å². The zero-order valence-electron chi connectivity index (χ0n) is 46.9. The molecule has 1 aliphatic heterocycles. The van der Waals surface area contributed by atoms with Gasteiger partial charge in [0.15, 0.2) is 34.4 Å². The Hall–Kier alpha value is -3.66. The average Bonchev–Trinajstić information content (AvgIpc) is 3.30. The van der Waals surface area contributed by atoms with Crippen LogP contribution in [-0.4, -0.2) is 129 Å². The van der Waals surface area contributed by atoms with Gasteiger partial charge in [-0.1, -0.05) is 94.4 Å². The number of fused-ring (bicyclic) bond motifs is 5. The highest BCUT2D eigenvalue weighted by molar-refractivity contribution is 6.74. The predicted molar refractivity (Wildman–Crippen MR) is 280 cm³/mol. The number of ether oxygens (including phenoxy) is 6. The SMILES string of the molecule is CC[Si](CC)(CC)O[C@H]1C[C@H]2OC[C@@]2(OC(C)=O)[C@H]2[C@H](OC(=O)c3ccccc3)[C@]3(O)C[C@H](OC(=O)[C@H](O[Si](CC)(CC)CC)[C@H](CC(C)C)NC(=O)OC(C)(C)C)C(C)=C([C@H](OC(C)=O)[C@H](O)[C@]12C)C3(C)C. The lowest BCUT2D eigenvalue weighted by Gasteiger charge is -2.70. The number of alkyl carbamates (subject to hydrolysis) is 1. The van der Waals surface area contributed by atoms with Crippen molar-refractivity contribution >= 4 is 46.6 Å². The summed E-state index contributed by atoms with van der Waals surface area (Å²) in [5.41, 5.74) is -7.08. The van der Waals surface area contributed by atoms with Crippen molar-refractivity contribution in [1.29, 1.82) is 0 Å². The summed E-state index contributed by atoms with van der Waals surface area (Å²) in [4.78, 5) is 71.1. The van der Waals surface area contributed by atoms with Gasteiger partial charge in [0.05, 0.1) is 30.2 Å². The highest BCUT2D eigenvalue weighted by Crippen LogP contribution is 2.66. The zero-order chi connectivity index (χ0) is 54.9. The lowest BCUT2D eigenvalue weighted by molar-refractivity contribution is -0.363. The average molecular weight is 1060 g/mol. The fourth-order valence-corrected chi connectivity index (χ4v) is 18.5.